The summed E-state index contributed by atoms with van der Waals surface area (Å²) in [5, 5.41) is 23.3. The Balaban J connectivity index is 1.35. The summed E-state index contributed by atoms with van der Waals surface area (Å²) in [4.78, 5) is 49.2. The fourth-order valence-corrected chi connectivity index (χ4v) is 5.14. The van der Waals surface area contributed by atoms with E-state index in [4.69, 9.17) is 4.74 Å². The van der Waals surface area contributed by atoms with Crippen LogP contribution in [0, 0.1) is 10.1 Å². The number of esters is 1. The van der Waals surface area contributed by atoms with Crippen molar-refractivity contribution in [2.45, 2.75) is 36.6 Å². The summed E-state index contributed by atoms with van der Waals surface area (Å²) in [5.74, 6) is -1.32. The maximum absolute atomic E-state index is 12.7. The highest BCUT2D eigenvalue weighted by atomic mass is 32.2. The summed E-state index contributed by atoms with van der Waals surface area (Å²) in [5.41, 5.74) is 1.27. The van der Waals surface area contributed by atoms with Crippen molar-refractivity contribution in [3.8, 4) is 0 Å². The molecule has 2 aliphatic heterocycles. The van der Waals surface area contributed by atoms with Gasteiger partial charge in [-0.15, -0.1) is 11.8 Å². The van der Waals surface area contributed by atoms with Gasteiger partial charge in [-0.3, -0.25) is 19.7 Å². The van der Waals surface area contributed by atoms with Crippen molar-refractivity contribution in [2.24, 2.45) is 0 Å². The van der Waals surface area contributed by atoms with Crippen molar-refractivity contribution in [2.75, 3.05) is 5.75 Å². The zero-order valence-corrected chi connectivity index (χ0v) is 18.1. The van der Waals surface area contributed by atoms with Gasteiger partial charge in [0.05, 0.1) is 17.4 Å². The molecular weight excluding hydrogens is 450 g/mol. The van der Waals surface area contributed by atoms with Crippen LogP contribution in [0.5, 0.6) is 0 Å². The Morgan fingerprint density at radius 2 is 1.85 bits per heavy atom. The van der Waals surface area contributed by atoms with E-state index in [1.807, 2.05) is 30.3 Å². The zero-order chi connectivity index (χ0) is 23.5. The Hall–Kier alpha value is -3.44. The molecule has 0 bridgehead atoms. The maximum atomic E-state index is 12.7. The fraction of sp³-hybridized carbons (Fsp3) is 0.318. The molecule has 4 atom stereocenters. The van der Waals surface area contributed by atoms with E-state index in [1.165, 1.54) is 40.9 Å². The standard InChI is InChI=1S/C22H21N3O7S/c26-16-12-33-21-18(23-17(27)10-13-4-2-1-3-5-13)20(28)24(21)19(16)22(29)32-11-14-6-8-15(9-7-14)25(30)31/h1-9,16,18-19,21,26H,10-12H2,(H,23,27)/t16?,18?,19?,21-/m0/s1. The summed E-state index contributed by atoms with van der Waals surface area (Å²) >= 11 is 1.29. The molecule has 2 heterocycles. The summed E-state index contributed by atoms with van der Waals surface area (Å²) in [6.45, 7) is -0.156. The molecule has 172 valence electrons. The Morgan fingerprint density at radius 1 is 1.15 bits per heavy atom. The van der Waals surface area contributed by atoms with Gasteiger partial charge in [-0.25, -0.2) is 4.79 Å². The van der Waals surface area contributed by atoms with Gasteiger partial charge in [-0.1, -0.05) is 30.3 Å². The number of rotatable bonds is 7. The number of aliphatic hydroxyl groups is 1. The highest BCUT2D eigenvalue weighted by Crippen LogP contribution is 2.38. The molecule has 2 N–H and O–H groups in total. The molecule has 0 aromatic heterocycles. The van der Waals surface area contributed by atoms with E-state index in [-0.39, 0.29) is 30.4 Å². The van der Waals surface area contributed by atoms with E-state index in [0.717, 1.165) is 5.56 Å². The number of nitro benzene ring substituents is 1. The fourth-order valence-electron chi connectivity index (χ4n) is 3.80. The number of carbonyl (C=O) groups is 3. The Morgan fingerprint density at radius 3 is 2.52 bits per heavy atom. The number of nitrogens with zero attached hydrogens (tertiary/aromatic N) is 2. The van der Waals surface area contributed by atoms with Crippen LogP contribution in [0.1, 0.15) is 11.1 Å². The molecule has 11 heteroatoms. The first-order chi connectivity index (χ1) is 15.8. The molecule has 4 rings (SSSR count). The van der Waals surface area contributed by atoms with Crippen LogP contribution in [-0.4, -0.2) is 62.0 Å². The molecule has 0 radical (unpaired) electrons. The normalized spacial score (nSPS) is 23.8. The van der Waals surface area contributed by atoms with Crippen LogP contribution in [0.25, 0.3) is 0 Å². The first kappa shape index (κ1) is 22.7. The largest absolute Gasteiger partial charge is 0.459 e. The average molecular weight is 471 g/mol. The number of hydrogen-bond acceptors (Lipinski definition) is 8. The Bertz CT molecular complexity index is 1060. The monoisotopic (exact) mass is 471 g/mol. The second-order valence-electron chi connectivity index (χ2n) is 7.72. The van der Waals surface area contributed by atoms with Crippen LogP contribution in [0.15, 0.2) is 54.6 Å². The number of hydrogen-bond donors (Lipinski definition) is 2. The van der Waals surface area contributed by atoms with Crippen LogP contribution < -0.4 is 5.32 Å². The Kier molecular flexibility index (Phi) is 6.61. The quantitative estimate of drug-likeness (QED) is 0.264. The molecule has 2 aliphatic rings. The van der Waals surface area contributed by atoms with Crippen LogP contribution >= 0.6 is 11.8 Å². The van der Waals surface area contributed by atoms with E-state index < -0.39 is 40.4 Å². The summed E-state index contributed by atoms with van der Waals surface area (Å²) in [6.07, 6.45) is -0.980. The third-order valence-corrected chi connectivity index (χ3v) is 6.85. The summed E-state index contributed by atoms with van der Waals surface area (Å²) < 4.78 is 5.28. The van der Waals surface area contributed by atoms with Gasteiger partial charge in [0.15, 0.2) is 6.04 Å². The minimum atomic E-state index is -1.18. The number of aliphatic hydroxyl groups excluding tert-OH is 1. The number of thioether (sulfide) groups is 1. The van der Waals surface area contributed by atoms with E-state index >= 15 is 0 Å². The second kappa shape index (κ2) is 9.59. The van der Waals surface area contributed by atoms with E-state index in [1.54, 1.807) is 0 Å². The molecule has 2 saturated heterocycles. The third-order valence-electron chi connectivity index (χ3n) is 5.48. The molecule has 0 saturated carbocycles. The first-order valence-electron chi connectivity index (χ1n) is 10.2. The highest BCUT2D eigenvalue weighted by Gasteiger charge is 2.58. The van der Waals surface area contributed by atoms with Gasteiger partial charge >= 0.3 is 5.97 Å². The molecule has 2 aromatic rings. The lowest BCUT2D eigenvalue weighted by Gasteiger charge is -2.53. The topological polar surface area (TPSA) is 139 Å². The molecule has 2 fully saturated rings. The molecule has 33 heavy (non-hydrogen) atoms. The SMILES string of the molecule is O=C(Cc1ccccc1)NC1C(=O)N2C(C(=O)OCc3ccc([N+](=O)[O-])cc3)C(O)CS[C@@H]12. The zero-order valence-electron chi connectivity index (χ0n) is 17.3. The third kappa shape index (κ3) is 4.83. The predicted octanol–water partition coefficient (Wildman–Crippen LogP) is 1.01. The van der Waals surface area contributed by atoms with Crippen molar-refractivity contribution < 1.29 is 29.2 Å². The van der Waals surface area contributed by atoms with Gasteiger partial charge in [0.1, 0.15) is 18.0 Å². The van der Waals surface area contributed by atoms with Gasteiger partial charge in [-0.2, -0.15) is 0 Å². The van der Waals surface area contributed by atoms with Crippen molar-refractivity contribution in [3.05, 3.63) is 75.8 Å². The maximum Gasteiger partial charge on any atom is 0.331 e. The summed E-state index contributed by atoms with van der Waals surface area (Å²) in [6, 6.07) is 12.7. The lowest BCUT2D eigenvalue weighted by atomic mass is 9.99. The van der Waals surface area contributed by atoms with Gasteiger partial charge in [-0.05, 0) is 23.3 Å². The van der Waals surface area contributed by atoms with Gasteiger partial charge in [0, 0.05) is 17.9 Å². The number of benzene rings is 2. The number of β-lactam (4-membered cyclic amide) rings is 1. The predicted molar refractivity (Wildman–Crippen MR) is 118 cm³/mol. The number of carbonyl (C=O) groups excluding carboxylic acids is 3. The van der Waals surface area contributed by atoms with Gasteiger partial charge < -0.3 is 20.1 Å². The lowest BCUT2D eigenvalue weighted by Crippen LogP contribution is -2.76. The van der Waals surface area contributed by atoms with Crippen molar-refractivity contribution in [3.63, 3.8) is 0 Å². The number of nitrogens with one attached hydrogen (secondary N) is 1. The number of amides is 2. The van der Waals surface area contributed by atoms with Crippen LogP contribution in [0.2, 0.25) is 0 Å². The van der Waals surface area contributed by atoms with Gasteiger partial charge in [0.2, 0.25) is 11.8 Å². The van der Waals surface area contributed by atoms with E-state index in [0.29, 0.717) is 5.56 Å². The lowest BCUT2D eigenvalue weighted by molar-refractivity contribution is -0.384. The van der Waals surface area contributed by atoms with Crippen molar-refractivity contribution in [1.82, 2.24) is 10.2 Å². The molecule has 2 aromatic carbocycles. The minimum Gasteiger partial charge on any atom is -0.459 e. The number of nitro groups is 1. The van der Waals surface area contributed by atoms with Crippen LogP contribution in [-0.2, 0) is 32.1 Å². The number of ether oxygens (including phenoxy) is 1. The molecule has 0 spiro atoms. The van der Waals surface area contributed by atoms with Crippen molar-refractivity contribution >= 4 is 35.2 Å². The second-order valence-corrected chi connectivity index (χ2v) is 8.87. The molecule has 10 nitrogen and oxygen atoms in total. The number of fused-ring (bicyclic) bond motifs is 1. The average Bonchev–Trinajstić information content (AvgIpc) is 2.81. The van der Waals surface area contributed by atoms with Crippen LogP contribution in [0.3, 0.4) is 0 Å². The van der Waals surface area contributed by atoms with Gasteiger partial charge in [0.25, 0.3) is 5.69 Å². The molecule has 3 unspecified atom stereocenters. The molecular formula is C22H21N3O7S. The minimum absolute atomic E-state index is 0.0841. The highest BCUT2D eigenvalue weighted by molar-refractivity contribution is 8.00. The molecule has 2 amide bonds. The summed E-state index contributed by atoms with van der Waals surface area (Å²) in [7, 11) is 0. The number of non-ortho nitro benzene ring substituents is 1. The Labute approximate surface area is 193 Å². The molecule has 0 aliphatic carbocycles. The van der Waals surface area contributed by atoms with E-state index in [2.05, 4.69) is 5.32 Å². The smallest absolute Gasteiger partial charge is 0.331 e. The van der Waals surface area contributed by atoms with Crippen molar-refractivity contribution in [1.29, 1.82) is 0 Å². The van der Waals surface area contributed by atoms with E-state index in [9.17, 15) is 29.6 Å². The first-order valence-corrected chi connectivity index (χ1v) is 11.2. The van der Waals surface area contributed by atoms with Crippen LogP contribution in [0.4, 0.5) is 5.69 Å².